The second kappa shape index (κ2) is 9.26. The predicted molar refractivity (Wildman–Crippen MR) is 137 cm³/mol. The zero-order valence-electron chi connectivity index (χ0n) is 20.8. The van der Waals surface area contributed by atoms with E-state index in [1.165, 1.54) is 10.6 Å². The molecular formula is C27H28F2N4O4. The third kappa shape index (κ3) is 4.46. The third-order valence-corrected chi connectivity index (χ3v) is 6.89. The number of carboxylic acid groups (broad SMARTS) is 1. The number of aromatic carboxylic acids is 1. The van der Waals surface area contributed by atoms with Crippen molar-refractivity contribution in [2.45, 2.75) is 51.7 Å². The van der Waals surface area contributed by atoms with Gasteiger partial charge in [0.15, 0.2) is 11.6 Å². The number of aromatic nitrogens is 1. The zero-order chi connectivity index (χ0) is 26.6. The van der Waals surface area contributed by atoms with Gasteiger partial charge in [0.05, 0.1) is 16.6 Å². The van der Waals surface area contributed by atoms with E-state index >= 15 is 8.78 Å². The molecular weight excluding hydrogens is 482 g/mol. The van der Waals surface area contributed by atoms with E-state index in [0.717, 1.165) is 11.8 Å². The van der Waals surface area contributed by atoms with Crippen LogP contribution in [-0.2, 0) is 0 Å². The fourth-order valence-electron chi connectivity index (χ4n) is 5.19. The average molecular weight is 511 g/mol. The highest BCUT2D eigenvalue weighted by molar-refractivity contribution is 6.11. The molecule has 10 heteroatoms. The maximum Gasteiger partial charge on any atom is 0.341 e. The van der Waals surface area contributed by atoms with E-state index in [1.54, 1.807) is 30.0 Å². The molecule has 2 atom stereocenters. The SMILES string of the molecule is Cc1cccc(C(=O)Nc2c(F)c(N3CC(C)NC(C)C3)c(F)c3c2c(=O)c(C(=O)O)cn3C2CC2)c1. The van der Waals surface area contributed by atoms with Crippen LogP contribution in [0.3, 0.4) is 0 Å². The van der Waals surface area contributed by atoms with Gasteiger partial charge in [-0.3, -0.25) is 9.59 Å². The van der Waals surface area contributed by atoms with Gasteiger partial charge < -0.3 is 25.2 Å². The van der Waals surface area contributed by atoms with Crippen LogP contribution in [0.1, 0.15) is 59.0 Å². The lowest BCUT2D eigenvalue weighted by Crippen LogP contribution is -2.54. The first-order chi connectivity index (χ1) is 17.6. The second-order valence-electron chi connectivity index (χ2n) is 10.1. The number of aryl methyl sites for hydroxylation is 1. The summed E-state index contributed by atoms with van der Waals surface area (Å²) in [5.74, 6) is -4.24. The molecule has 8 nitrogen and oxygen atoms in total. The van der Waals surface area contributed by atoms with Crippen LogP contribution in [0.15, 0.2) is 35.3 Å². The molecule has 1 saturated heterocycles. The van der Waals surface area contributed by atoms with Gasteiger partial charge in [-0.2, -0.15) is 0 Å². The first kappa shape index (κ1) is 24.9. The summed E-state index contributed by atoms with van der Waals surface area (Å²) in [6, 6.07) is 6.24. The number of piperazine rings is 1. The van der Waals surface area contributed by atoms with Crippen LogP contribution in [0.5, 0.6) is 0 Å². The summed E-state index contributed by atoms with van der Waals surface area (Å²) in [4.78, 5) is 40.0. The Balaban J connectivity index is 1.81. The molecule has 3 aromatic rings. The molecule has 2 aliphatic rings. The van der Waals surface area contributed by atoms with Crippen molar-refractivity contribution in [3.63, 3.8) is 0 Å². The smallest absolute Gasteiger partial charge is 0.341 e. The molecule has 1 amide bonds. The first-order valence-corrected chi connectivity index (χ1v) is 12.3. The van der Waals surface area contributed by atoms with Gasteiger partial charge in [0, 0.05) is 43.0 Å². The van der Waals surface area contributed by atoms with Gasteiger partial charge in [-0.1, -0.05) is 17.7 Å². The quantitative estimate of drug-likeness (QED) is 0.478. The Kier molecular flexibility index (Phi) is 6.23. The first-order valence-electron chi connectivity index (χ1n) is 12.3. The molecule has 37 heavy (non-hydrogen) atoms. The number of fused-ring (bicyclic) bond motifs is 1. The normalized spacial score (nSPS) is 19.8. The molecule has 194 valence electrons. The lowest BCUT2D eigenvalue weighted by molar-refractivity contribution is 0.0694. The Morgan fingerprint density at radius 1 is 1.11 bits per heavy atom. The molecule has 5 rings (SSSR count). The Bertz CT molecular complexity index is 1490. The monoisotopic (exact) mass is 510 g/mol. The molecule has 1 aliphatic heterocycles. The average Bonchev–Trinajstić information content (AvgIpc) is 3.66. The fourth-order valence-corrected chi connectivity index (χ4v) is 5.19. The van der Waals surface area contributed by atoms with Gasteiger partial charge in [-0.05, 0) is 45.7 Å². The maximum absolute atomic E-state index is 16.3. The van der Waals surface area contributed by atoms with E-state index < -0.39 is 45.6 Å². The van der Waals surface area contributed by atoms with E-state index in [1.807, 2.05) is 13.8 Å². The molecule has 3 N–H and O–H groups in total. The minimum Gasteiger partial charge on any atom is -0.477 e. The van der Waals surface area contributed by atoms with Crippen LogP contribution in [0.2, 0.25) is 0 Å². The van der Waals surface area contributed by atoms with Crippen LogP contribution in [-0.4, -0.2) is 46.7 Å². The minimum absolute atomic E-state index is 0.0661. The summed E-state index contributed by atoms with van der Waals surface area (Å²) < 4.78 is 34.0. The largest absolute Gasteiger partial charge is 0.477 e. The number of amides is 1. The Morgan fingerprint density at radius 3 is 2.38 bits per heavy atom. The predicted octanol–water partition coefficient (Wildman–Crippen LogP) is 4.06. The maximum atomic E-state index is 16.3. The number of halogens is 2. The summed E-state index contributed by atoms with van der Waals surface area (Å²) in [6.07, 6.45) is 2.45. The highest BCUT2D eigenvalue weighted by atomic mass is 19.1. The Labute approximate surface area is 211 Å². The number of carboxylic acids is 1. The van der Waals surface area contributed by atoms with E-state index in [4.69, 9.17) is 0 Å². The summed E-state index contributed by atoms with van der Waals surface area (Å²) in [5.41, 5.74) is -1.70. The molecule has 2 fully saturated rings. The summed E-state index contributed by atoms with van der Waals surface area (Å²) in [6.45, 7) is 6.20. The molecule has 0 bridgehead atoms. The number of carbonyl (C=O) groups excluding carboxylic acids is 1. The van der Waals surface area contributed by atoms with Crippen molar-refractivity contribution >= 4 is 34.2 Å². The van der Waals surface area contributed by atoms with Gasteiger partial charge in [0.2, 0.25) is 5.43 Å². The molecule has 1 aromatic heterocycles. The fraction of sp³-hybridized carbons (Fsp3) is 0.370. The molecule has 1 saturated carbocycles. The molecule has 0 radical (unpaired) electrons. The molecule has 1 aliphatic carbocycles. The van der Waals surface area contributed by atoms with Gasteiger partial charge >= 0.3 is 5.97 Å². The van der Waals surface area contributed by atoms with Crippen molar-refractivity contribution in [2.24, 2.45) is 0 Å². The molecule has 2 aromatic carbocycles. The van der Waals surface area contributed by atoms with Crippen molar-refractivity contribution < 1.29 is 23.5 Å². The summed E-state index contributed by atoms with van der Waals surface area (Å²) in [7, 11) is 0. The van der Waals surface area contributed by atoms with E-state index in [2.05, 4.69) is 10.6 Å². The number of nitrogens with one attached hydrogen (secondary N) is 2. The van der Waals surface area contributed by atoms with Crippen LogP contribution >= 0.6 is 0 Å². The highest BCUT2D eigenvalue weighted by Gasteiger charge is 2.35. The van der Waals surface area contributed by atoms with Crippen LogP contribution < -0.4 is 21.0 Å². The van der Waals surface area contributed by atoms with Gasteiger partial charge in [-0.25, -0.2) is 13.6 Å². The van der Waals surface area contributed by atoms with E-state index in [-0.39, 0.29) is 34.9 Å². The topological polar surface area (TPSA) is 104 Å². The summed E-state index contributed by atoms with van der Waals surface area (Å²) >= 11 is 0. The number of nitrogens with zero attached hydrogens (tertiary/aromatic N) is 2. The number of hydrogen-bond donors (Lipinski definition) is 3. The van der Waals surface area contributed by atoms with Crippen molar-refractivity contribution in [1.82, 2.24) is 9.88 Å². The lowest BCUT2D eigenvalue weighted by atomic mass is 10.0. The lowest BCUT2D eigenvalue weighted by Gasteiger charge is -2.38. The van der Waals surface area contributed by atoms with Crippen molar-refractivity contribution in [2.75, 3.05) is 23.3 Å². The number of rotatable bonds is 5. The van der Waals surface area contributed by atoms with E-state index in [0.29, 0.717) is 25.9 Å². The molecule has 2 heterocycles. The summed E-state index contributed by atoms with van der Waals surface area (Å²) in [5, 5.41) is 15.0. The van der Waals surface area contributed by atoms with Gasteiger partial charge in [0.1, 0.15) is 11.3 Å². The zero-order valence-corrected chi connectivity index (χ0v) is 20.8. The van der Waals surface area contributed by atoms with Gasteiger partial charge in [-0.15, -0.1) is 0 Å². The molecule has 0 spiro atoms. The highest BCUT2D eigenvalue weighted by Crippen LogP contribution is 2.42. The second-order valence-corrected chi connectivity index (χ2v) is 10.1. The van der Waals surface area contributed by atoms with Crippen molar-refractivity contribution in [3.05, 3.63) is 69.0 Å². The minimum atomic E-state index is -1.51. The standard InChI is InChI=1S/C27H28F2N4O4/c1-13-5-4-6-16(9-13)26(35)31-22-19-23(33(17-7-8-17)12-18(25(19)34)27(36)37)21(29)24(20(22)28)32-10-14(2)30-15(3)11-32/h4-6,9,12,14-15,17,30H,7-8,10-11H2,1-3H3,(H,31,35)(H,36,37). The van der Waals surface area contributed by atoms with E-state index in [9.17, 15) is 19.5 Å². The number of benzene rings is 2. The Hall–Kier alpha value is -3.79. The molecule has 2 unspecified atom stereocenters. The number of carbonyl (C=O) groups is 2. The van der Waals surface area contributed by atoms with Crippen LogP contribution in [0, 0.1) is 18.6 Å². The van der Waals surface area contributed by atoms with Gasteiger partial charge in [0.25, 0.3) is 5.91 Å². The Morgan fingerprint density at radius 2 is 1.78 bits per heavy atom. The number of pyridine rings is 1. The van der Waals surface area contributed by atoms with Crippen molar-refractivity contribution in [1.29, 1.82) is 0 Å². The van der Waals surface area contributed by atoms with Crippen LogP contribution in [0.25, 0.3) is 10.9 Å². The third-order valence-electron chi connectivity index (χ3n) is 6.89. The number of anilines is 2. The van der Waals surface area contributed by atoms with Crippen LogP contribution in [0.4, 0.5) is 20.2 Å². The van der Waals surface area contributed by atoms with Crippen molar-refractivity contribution in [3.8, 4) is 0 Å². The number of hydrogen-bond acceptors (Lipinski definition) is 5.